The van der Waals surface area contributed by atoms with Crippen LogP contribution in [0.25, 0.3) is 43.1 Å². The lowest BCUT2D eigenvalue weighted by molar-refractivity contribution is 0.0512. The summed E-state index contributed by atoms with van der Waals surface area (Å²) in [4.78, 5) is 61.8. The van der Waals surface area contributed by atoms with E-state index in [0.29, 0.717) is 60.6 Å². The van der Waals surface area contributed by atoms with Crippen LogP contribution in [0.3, 0.4) is 0 Å². The fourth-order valence-electron chi connectivity index (χ4n) is 9.93. The zero-order valence-corrected chi connectivity index (χ0v) is 40.3. The van der Waals surface area contributed by atoms with Crippen molar-refractivity contribution in [3.05, 3.63) is 66.6 Å². The van der Waals surface area contributed by atoms with Crippen molar-refractivity contribution >= 4 is 113 Å². The van der Waals surface area contributed by atoms with Gasteiger partial charge < -0.3 is 0 Å². The molecule has 5 aromatic carbocycles. The van der Waals surface area contributed by atoms with Gasteiger partial charge in [-0.15, -0.1) is 0 Å². The predicted octanol–water partition coefficient (Wildman–Crippen LogP) is 15.4. The van der Waals surface area contributed by atoms with E-state index in [2.05, 4.69) is 56.3 Å². The van der Waals surface area contributed by atoms with Crippen molar-refractivity contribution in [3.8, 4) is 35.5 Å². The number of fused-ring (bicyclic) bond motifs is 2. The SMILES string of the molecule is CC#CC#CC#CC(CCCCCCC)N1C(=O)c2cc(Cl)c3c4c(Cl)cc5c6c(cc(Cl)c(c7c(Cl)cc(c2c37)C1=O)c64)C(=O)N(C(CCCCCCC)CCCCCCC)C5=O. The fourth-order valence-corrected chi connectivity index (χ4v) is 11.1. The highest BCUT2D eigenvalue weighted by molar-refractivity contribution is 6.56. The van der Waals surface area contributed by atoms with Gasteiger partial charge in [0.25, 0.3) is 23.6 Å². The Morgan fingerprint density at radius 2 is 0.766 bits per heavy atom. The van der Waals surface area contributed by atoms with Gasteiger partial charge in [0.1, 0.15) is 6.04 Å². The second kappa shape index (κ2) is 21.2. The maximum Gasteiger partial charge on any atom is 0.262 e. The molecule has 0 bridgehead atoms. The number of halogens is 4. The van der Waals surface area contributed by atoms with Crippen LogP contribution in [0.1, 0.15) is 185 Å². The van der Waals surface area contributed by atoms with E-state index in [-0.39, 0.29) is 49.1 Å². The Hall–Kier alpha value is -4.48. The van der Waals surface area contributed by atoms with Crippen LogP contribution in [0.5, 0.6) is 0 Å². The van der Waals surface area contributed by atoms with Crippen LogP contribution in [0.2, 0.25) is 20.1 Å². The average molecular weight is 937 g/mol. The molecule has 2 heterocycles. The summed E-state index contributed by atoms with van der Waals surface area (Å²) in [5, 5.41) is 4.41. The summed E-state index contributed by atoms with van der Waals surface area (Å²) in [6.45, 7) is 8.20. The molecule has 2 aliphatic heterocycles. The molecule has 0 aliphatic carbocycles. The maximum atomic E-state index is 14.8. The first-order valence-corrected chi connectivity index (χ1v) is 24.7. The number of hydrogen-bond donors (Lipinski definition) is 0. The van der Waals surface area contributed by atoms with E-state index in [9.17, 15) is 19.2 Å². The molecule has 0 saturated heterocycles. The summed E-state index contributed by atoms with van der Waals surface area (Å²) >= 11 is 29.2. The standard InChI is InChI=1S/C54H54Cl4N2O4/c1-5-9-13-17-21-25-33(26-22-18-14-10-6-2)59-51(61)35-29-39(55)45-47-41(57)31-37-44-38(32-42(58)48(50(44)47)46-40(56)30-36(52(59)62)43(35)49(45)46)54(64)60(53(37)63)34(27-23-19-15-11-7-3)28-24-20-16-12-8-4/h29-34H,5-7,9-11,13-15,17-19,21-23,25-27H2,1-4H3. The minimum absolute atomic E-state index is 0.191. The lowest BCUT2D eigenvalue weighted by atomic mass is 9.81. The van der Waals surface area contributed by atoms with Gasteiger partial charge in [0, 0.05) is 69.2 Å². The Balaban J connectivity index is 1.38. The van der Waals surface area contributed by atoms with Crippen molar-refractivity contribution in [1.29, 1.82) is 0 Å². The Labute approximate surface area is 397 Å². The van der Waals surface area contributed by atoms with E-state index in [1.807, 2.05) is 0 Å². The van der Waals surface area contributed by atoms with Crippen molar-refractivity contribution < 1.29 is 19.2 Å². The van der Waals surface area contributed by atoms with Gasteiger partial charge in [-0.25, -0.2) is 0 Å². The molecule has 0 fully saturated rings. The van der Waals surface area contributed by atoms with Crippen LogP contribution in [0.15, 0.2) is 24.3 Å². The number of imide groups is 2. The smallest absolute Gasteiger partial charge is 0.262 e. The van der Waals surface area contributed by atoms with E-state index in [1.54, 1.807) is 31.2 Å². The lowest BCUT2D eigenvalue weighted by Gasteiger charge is -2.35. The monoisotopic (exact) mass is 934 g/mol. The fraction of sp³-hybridized carbons (Fsp3) is 0.444. The van der Waals surface area contributed by atoms with Crippen LogP contribution in [0, 0.1) is 35.5 Å². The molecule has 0 aromatic heterocycles. The van der Waals surface area contributed by atoms with Crippen LogP contribution >= 0.6 is 46.4 Å². The van der Waals surface area contributed by atoms with Crippen molar-refractivity contribution in [3.63, 3.8) is 0 Å². The maximum absolute atomic E-state index is 14.8. The average Bonchev–Trinajstić information content (AvgIpc) is 3.27. The summed E-state index contributed by atoms with van der Waals surface area (Å²) in [6, 6.07) is 5.38. The van der Waals surface area contributed by atoms with Gasteiger partial charge in [0.05, 0.1) is 22.3 Å². The van der Waals surface area contributed by atoms with Gasteiger partial charge in [-0.2, -0.15) is 0 Å². The summed E-state index contributed by atoms with van der Waals surface area (Å²) in [5.41, 5.74) is 1.06. The highest BCUT2D eigenvalue weighted by atomic mass is 35.5. The number of benzene rings is 5. The molecule has 0 spiro atoms. The molecule has 2 aliphatic rings. The molecule has 6 nitrogen and oxygen atoms in total. The summed E-state index contributed by atoms with van der Waals surface area (Å²) in [6.07, 6.45) is 17.5. The van der Waals surface area contributed by atoms with Gasteiger partial charge in [-0.3, -0.25) is 29.0 Å². The highest BCUT2D eigenvalue weighted by Crippen LogP contribution is 2.54. The zero-order valence-electron chi connectivity index (χ0n) is 37.2. The third-order valence-electron chi connectivity index (χ3n) is 13.0. The third-order valence-corrected chi connectivity index (χ3v) is 14.2. The predicted molar refractivity (Wildman–Crippen MR) is 265 cm³/mol. The molecular weight excluding hydrogens is 882 g/mol. The molecule has 0 saturated carbocycles. The number of rotatable bonds is 20. The van der Waals surface area contributed by atoms with Crippen LogP contribution in [-0.2, 0) is 0 Å². The first-order valence-electron chi connectivity index (χ1n) is 23.2. The molecule has 7 rings (SSSR count). The third kappa shape index (κ3) is 8.92. The molecule has 4 amide bonds. The van der Waals surface area contributed by atoms with Gasteiger partial charge >= 0.3 is 0 Å². The number of nitrogens with zero attached hydrogens (tertiary/aromatic N) is 2. The van der Waals surface area contributed by atoms with Crippen LogP contribution < -0.4 is 0 Å². The van der Waals surface area contributed by atoms with Crippen molar-refractivity contribution in [2.75, 3.05) is 0 Å². The van der Waals surface area contributed by atoms with Crippen molar-refractivity contribution in [2.45, 2.75) is 155 Å². The largest absolute Gasteiger partial charge is 0.271 e. The first-order chi connectivity index (χ1) is 31.0. The highest BCUT2D eigenvalue weighted by Gasteiger charge is 2.42. The molecule has 332 valence electrons. The first kappa shape index (κ1) is 47.5. The van der Waals surface area contributed by atoms with E-state index in [1.165, 1.54) is 9.80 Å². The molecular formula is C54H54Cl4N2O4. The molecule has 5 aromatic rings. The quantitative estimate of drug-likeness (QED) is 0.0256. The van der Waals surface area contributed by atoms with E-state index >= 15 is 0 Å². The topological polar surface area (TPSA) is 74.8 Å². The second-order valence-electron chi connectivity index (χ2n) is 17.3. The second-order valence-corrected chi connectivity index (χ2v) is 18.9. The number of hydrogen-bond acceptors (Lipinski definition) is 4. The van der Waals surface area contributed by atoms with Gasteiger partial charge in [-0.05, 0) is 74.1 Å². The van der Waals surface area contributed by atoms with Gasteiger partial charge in [0.15, 0.2) is 0 Å². The molecule has 1 unspecified atom stereocenters. The summed E-state index contributed by atoms with van der Waals surface area (Å²) in [5.74, 6) is 14.9. The van der Waals surface area contributed by atoms with Crippen molar-refractivity contribution in [1.82, 2.24) is 9.80 Å². The van der Waals surface area contributed by atoms with Crippen molar-refractivity contribution in [2.24, 2.45) is 0 Å². The summed E-state index contributed by atoms with van der Waals surface area (Å²) in [7, 11) is 0. The van der Waals surface area contributed by atoms with E-state index in [0.717, 1.165) is 109 Å². The Bertz CT molecular complexity index is 2720. The minimum atomic E-state index is -0.768. The van der Waals surface area contributed by atoms with E-state index in [4.69, 9.17) is 46.4 Å². The molecule has 0 radical (unpaired) electrons. The number of amides is 4. The van der Waals surface area contributed by atoms with Gasteiger partial charge in [-0.1, -0.05) is 175 Å². The summed E-state index contributed by atoms with van der Waals surface area (Å²) < 4.78 is 0. The van der Waals surface area contributed by atoms with Gasteiger partial charge in [0.2, 0.25) is 0 Å². The Morgan fingerprint density at radius 1 is 0.422 bits per heavy atom. The molecule has 10 heteroatoms. The van der Waals surface area contributed by atoms with Crippen LogP contribution in [0.4, 0.5) is 0 Å². The zero-order chi connectivity index (χ0) is 45.7. The normalized spacial score (nSPS) is 13.9. The molecule has 0 N–H and O–H groups in total. The Kier molecular flexibility index (Phi) is 15.7. The number of carbonyl (C=O) groups is 4. The lowest BCUT2D eigenvalue weighted by Crippen LogP contribution is -2.47. The number of unbranched alkanes of at least 4 members (excludes halogenated alkanes) is 12. The van der Waals surface area contributed by atoms with E-state index < -0.39 is 17.9 Å². The minimum Gasteiger partial charge on any atom is -0.271 e. The van der Waals surface area contributed by atoms with Crippen LogP contribution in [-0.4, -0.2) is 45.5 Å². The molecule has 1 atom stereocenters. The number of carbonyl (C=O) groups excluding carboxylic acids is 4. The molecule has 64 heavy (non-hydrogen) atoms. The Morgan fingerprint density at radius 3 is 1.14 bits per heavy atom.